The van der Waals surface area contributed by atoms with Crippen molar-refractivity contribution in [3.8, 4) is 0 Å². The van der Waals surface area contributed by atoms with Crippen molar-refractivity contribution < 1.29 is 9.59 Å². The Balaban J connectivity index is 1.38. The Labute approximate surface area is 169 Å². The average molecular weight is 391 g/mol. The van der Waals surface area contributed by atoms with Gasteiger partial charge >= 0.3 is 0 Å². The molecular formula is C22H38N4O2. The monoisotopic (exact) mass is 390 g/mol. The van der Waals surface area contributed by atoms with Crippen molar-refractivity contribution in [3.05, 3.63) is 0 Å². The summed E-state index contributed by atoms with van der Waals surface area (Å²) in [5.74, 6) is 2.30. The fourth-order valence-electron chi connectivity index (χ4n) is 6.16. The van der Waals surface area contributed by atoms with Gasteiger partial charge in [0.25, 0.3) is 0 Å². The molecule has 158 valence electrons. The molecule has 4 fully saturated rings. The van der Waals surface area contributed by atoms with Crippen LogP contribution in [0.5, 0.6) is 0 Å². The first-order valence-corrected chi connectivity index (χ1v) is 11.7. The number of hydrogen-bond donors (Lipinski definition) is 2. The molecule has 4 aliphatic rings. The number of carbonyl (C=O) groups is 2. The molecule has 0 bridgehead atoms. The van der Waals surface area contributed by atoms with Gasteiger partial charge in [0.15, 0.2) is 0 Å². The molecule has 0 spiro atoms. The molecule has 0 aromatic carbocycles. The van der Waals surface area contributed by atoms with E-state index < -0.39 is 0 Å². The van der Waals surface area contributed by atoms with E-state index in [1.54, 1.807) is 0 Å². The molecule has 2 aliphatic carbocycles. The van der Waals surface area contributed by atoms with E-state index in [0.29, 0.717) is 18.4 Å². The number of hydrazine groups is 1. The van der Waals surface area contributed by atoms with Gasteiger partial charge in [-0.3, -0.25) is 19.9 Å². The van der Waals surface area contributed by atoms with Gasteiger partial charge in [0.2, 0.25) is 11.8 Å². The summed E-state index contributed by atoms with van der Waals surface area (Å²) in [5, 5.41) is 0. The SMILES string of the molecule is CC1CCCCC1CN1CCN(C2CNNC(=O)C2C2CCCCC2)CC1=O. The van der Waals surface area contributed by atoms with Crippen molar-refractivity contribution in [1.29, 1.82) is 0 Å². The highest BCUT2D eigenvalue weighted by molar-refractivity contribution is 5.81. The van der Waals surface area contributed by atoms with E-state index in [4.69, 9.17) is 0 Å². The van der Waals surface area contributed by atoms with E-state index in [0.717, 1.165) is 44.9 Å². The highest BCUT2D eigenvalue weighted by Gasteiger charge is 2.43. The average Bonchev–Trinajstić information content (AvgIpc) is 2.71. The molecule has 4 rings (SSSR count). The maximum absolute atomic E-state index is 13.0. The van der Waals surface area contributed by atoms with Crippen LogP contribution in [0.4, 0.5) is 0 Å². The Hall–Kier alpha value is -1.14. The molecule has 28 heavy (non-hydrogen) atoms. The second kappa shape index (κ2) is 9.12. The van der Waals surface area contributed by atoms with Crippen molar-refractivity contribution in [1.82, 2.24) is 20.7 Å². The van der Waals surface area contributed by atoms with E-state index >= 15 is 0 Å². The van der Waals surface area contributed by atoms with E-state index in [-0.39, 0.29) is 23.8 Å². The number of amides is 2. The summed E-state index contributed by atoms with van der Waals surface area (Å²) in [7, 11) is 0. The third-order valence-electron chi connectivity index (χ3n) is 7.96. The lowest BCUT2D eigenvalue weighted by Gasteiger charge is -2.46. The van der Waals surface area contributed by atoms with Crippen LogP contribution in [0.1, 0.15) is 64.7 Å². The summed E-state index contributed by atoms with van der Waals surface area (Å²) in [6.45, 7) is 6.23. The lowest BCUT2D eigenvalue weighted by Crippen LogP contribution is -2.66. The number of rotatable bonds is 4. The van der Waals surface area contributed by atoms with Gasteiger partial charge in [-0.1, -0.05) is 45.4 Å². The van der Waals surface area contributed by atoms with Crippen LogP contribution in [0.25, 0.3) is 0 Å². The second-order valence-corrected chi connectivity index (χ2v) is 9.69. The smallest absolute Gasteiger partial charge is 0.239 e. The first kappa shape index (κ1) is 20.1. The molecule has 0 aromatic rings. The number of nitrogens with one attached hydrogen (secondary N) is 2. The zero-order chi connectivity index (χ0) is 19.5. The topological polar surface area (TPSA) is 64.7 Å². The Morgan fingerprint density at radius 2 is 1.71 bits per heavy atom. The zero-order valence-corrected chi connectivity index (χ0v) is 17.5. The third-order valence-corrected chi connectivity index (χ3v) is 7.96. The van der Waals surface area contributed by atoms with Crippen molar-refractivity contribution in [2.24, 2.45) is 23.7 Å². The number of hydrogen-bond acceptors (Lipinski definition) is 4. The Kier molecular flexibility index (Phi) is 6.56. The quantitative estimate of drug-likeness (QED) is 0.772. The van der Waals surface area contributed by atoms with Crippen LogP contribution >= 0.6 is 0 Å². The van der Waals surface area contributed by atoms with Crippen LogP contribution < -0.4 is 10.9 Å². The fraction of sp³-hybridized carbons (Fsp3) is 0.909. The number of piperazine rings is 1. The molecule has 6 nitrogen and oxygen atoms in total. The van der Waals surface area contributed by atoms with E-state index in [1.165, 1.54) is 44.9 Å². The minimum Gasteiger partial charge on any atom is -0.340 e. The van der Waals surface area contributed by atoms with Crippen LogP contribution in [-0.4, -0.2) is 60.4 Å². The molecule has 2 saturated carbocycles. The summed E-state index contributed by atoms with van der Waals surface area (Å²) >= 11 is 0. The highest BCUT2D eigenvalue weighted by atomic mass is 16.2. The molecule has 2 aliphatic heterocycles. The van der Waals surface area contributed by atoms with Crippen molar-refractivity contribution in [2.45, 2.75) is 70.8 Å². The molecule has 2 saturated heterocycles. The predicted octanol–water partition coefficient (Wildman–Crippen LogP) is 2.16. The van der Waals surface area contributed by atoms with Gasteiger partial charge in [-0.15, -0.1) is 0 Å². The third kappa shape index (κ3) is 4.38. The molecule has 0 aromatic heterocycles. The van der Waals surface area contributed by atoms with Crippen LogP contribution in [-0.2, 0) is 9.59 Å². The zero-order valence-electron chi connectivity index (χ0n) is 17.5. The summed E-state index contributed by atoms with van der Waals surface area (Å²) in [6, 6.07) is 0.150. The molecule has 2 amide bonds. The van der Waals surface area contributed by atoms with E-state index in [2.05, 4.69) is 27.6 Å². The number of nitrogens with zero attached hydrogens (tertiary/aromatic N) is 2. The molecule has 2 heterocycles. The predicted molar refractivity (Wildman–Crippen MR) is 109 cm³/mol. The molecule has 4 unspecified atom stereocenters. The van der Waals surface area contributed by atoms with Gasteiger partial charge < -0.3 is 4.90 Å². The fourth-order valence-corrected chi connectivity index (χ4v) is 6.16. The van der Waals surface area contributed by atoms with Crippen molar-refractivity contribution in [3.63, 3.8) is 0 Å². The Bertz CT molecular complexity index is 563. The summed E-state index contributed by atoms with van der Waals surface area (Å²) < 4.78 is 0. The minimum absolute atomic E-state index is 0.0271. The summed E-state index contributed by atoms with van der Waals surface area (Å²) in [6.07, 6.45) is 11.3. The van der Waals surface area contributed by atoms with Crippen molar-refractivity contribution >= 4 is 11.8 Å². The molecular weight excluding hydrogens is 352 g/mol. The van der Waals surface area contributed by atoms with Crippen LogP contribution in [0.2, 0.25) is 0 Å². The molecule has 0 radical (unpaired) electrons. The molecule has 2 N–H and O–H groups in total. The Morgan fingerprint density at radius 3 is 2.46 bits per heavy atom. The van der Waals surface area contributed by atoms with E-state index in [9.17, 15) is 9.59 Å². The lowest BCUT2D eigenvalue weighted by molar-refractivity contribution is -0.144. The maximum Gasteiger partial charge on any atom is 0.239 e. The summed E-state index contributed by atoms with van der Waals surface area (Å²) in [4.78, 5) is 30.1. The van der Waals surface area contributed by atoms with Gasteiger partial charge in [0.05, 0.1) is 12.5 Å². The molecule has 4 atom stereocenters. The highest BCUT2D eigenvalue weighted by Crippen LogP contribution is 2.35. The van der Waals surface area contributed by atoms with Gasteiger partial charge in [-0.2, -0.15) is 0 Å². The van der Waals surface area contributed by atoms with Gasteiger partial charge in [0.1, 0.15) is 0 Å². The largest absolute Gasteiger partial charge is 0.340 e. The van der Waals surface area contributed by atoms with Crippen molar-refractivity contribution in [2.75, 3.05) is 32.7 Å². The van der Waals surface area contributed by atoms with Gasteiger partial charge in [-0.05, 0) is 37.0 Å². The minimum atomic E-state index is 0.0271. The lowest BCUT2D eigenvalue weighted by atomic mass is 9.75. The van der Waals surface area contributed by atoms with E-state index in [1.807, 2.05) is 0 Å². The van der Waals surface area contributed by atoms with Gasteiger partial charge in [-0.25, -0.2) is 5.43 Å². The maximum atomic E-state index is 13.0. The van der Waals surface area contributed by atoms with Crippen LogP contribution in [0, 0.1) is 23.7 Å². The van der Waals surface area contributed by atoms with Gasteiger partial charge in [0, 0.05) is 32.2 Å². The van der Waals surface area contributed by atoms with Crippen LogP contribution in [0.3, 0.4) is 0 Å². The normalized spacial score (nSPS) is 36.4. The van der Waals surface area contributed by atoms with Crippen LogP contribution in [0.15, 0.2) is 0 Å². The summed E-state index contributed by atoms with van der Waals surface area (Å²) in [5.41, 5.74) is 5.95. The first-order valence-electron chi connectivity index (χ1n) is 11.7. The first-order chi connectivity index (χ1) is 13.6. The number of carbonyl (C=O) groups excluding carboxylic acids is 2. The molecule has 6 heteroatoms. The Morgan fingerprint density at radius 1 is 0.964 bits per heavy atom. The second-order valence-electron chi connectivity index (χ2n) is 9.69. The standard InChI is InChI=1S/C22H38N4O2/c1-16-7-5-6-10-18(16)14-26-12-11-25(15-20(26)27)19-13-23-24-22(28)21(19)17-8-3-2-4-9-17/h16-19,21,23H,2-15H2,1H3,(H,24,28).